The normalized spacial score (nSPS) is 14.0. The summed E-state index contributed by atoms with van der Waals surface area (Å²) in [5.41, 5.74) is 4.07. The number of fused-ring (bicyclic) bond motifs is 4. The van der Waals surface area contributed by atoms with Crippen LogP contribution in [-0.2, 0) is 21.5 Å². The van der Waals surface area contributed by atoms with Gasteiger partial charge in [0.2, 0.25) is 11.4 Å². The number of rotatable bonds is 11. The monoisotopic (exact) mass is 707 g/mol. The van der Waals surface area contributed by atoms with Gasteiger partial charge < -0.3 is 15.1 Å². The molecular formula is C35H36ClN4O4S3+. The number of nitrogens with one attached hydrogen (secondary N) is 1. The van der Waals surface area contributed by atoms with Crippen molar-refractivity contribution >= 4 is 89.2 Å². The predicted octanol–water partition coefficient (Wildman–Crippen LogP) is 7.48. The SMILES string of the molecule is Cc1ccc(N(CC(=O)NCN2C(=Cc3sc4ccc5ccccc5c4[n+]3CCCS(=O)(=O)O)Sc3ccc(Cl)cc32)C(C)C)cc1. The highest BCUT2D eigenvalue weighted by Gasteiger charge is 2.30. The lowest BCUT2D eigenvalue weighted by Crippen LogP contribution is -2.44. The Kier molecular flexibility index (Phi) is 9.82. The molecule has 0 saturated heterocycles. The fraction of sp³-hybridized carbons (Fsp3) is 0.257. The molecule has 1 amide bonds. The first-order chi connectivity index (χ1) is 22.5. The van der Waals surface area contributed by atoms with E-state index in [9.17, 15) is 17.8 Å². The van der Waals surface area contributed by atoms with E-state index >= 15 is 0 Å². The van der Waals surface area contributed by atoms with Crippen molar-refractivity contribution in [2.45, 2.75) is 44.7 Å². The fourth-order valence-corrected chi connectivity index (χ4v) is 8.70. The van der Waals surface area contributed by atoms with Crippen LogP contribution in [0.3, 0.4) is 0 Å². The van der Waals surface area contributed by atoms with E-state index in [0.717, 1.165) is 52.9 Å². The standard InChI is InChI=1S/C35H35ClN4O4S3/c1-23(2)39(27-13-9-24(3)10-14-27)21-32(41)37-22-40-29-19-26(36)12-16-30(29)45-34(40)20-33-38(17-6-18-47(42,43)44)35-28-8-5-4-7-25(28)11-15-31(35)46-33/h4-5,7-16,19-20,23H,6,17-18,21-22H2,1-3H3,(H-,37,41,42,43,44)/p+1. The van der Waals surface area contributed by atoms with Crippen LogP contribution in [0.25, 0.3) is 27.1 Å². The number of hydrogen-bond acceptors (Lipinski definition) is 7. The Hall–Kier alpha value is -3.61. The van der Waals surface area contributed by atoms with E-state index in [1.165, 1.54) is 0 Å². The summed E-state index contributed by atoms with van der Waals surface area (Å²) in [7, 11) is -4.10. The predicted molar refractivity (Wildman–Crippen MR) is 195 cm³/mol. The molecule has 12 heteroatoms. The molecule has 4 aromatic carbocycles. The van der Waals surface area contributed by atoms with E-state index in [2.05, 4.69) is 63.9 Å². The number of aryl methyl sites for hydroxylation is 2. The minimum Gasteiger partial charge on any atom is -0.360 e. The minimum atomic E-state index is -4.10. The molecule has 0 bridgehead atoms. The van der Waals surface area contributed by atoms with E-state index in [0.29, 0.717) is 11.6 Å². The summed E-state index contributed by atoms with van der Waals surface area (Å²) in [6.45, 7) is 7.03. The van der Waals surface area contributed by atoms with E-state index in [1.807, 2.05) is 61.5 Å². The van der Waals surface area contributed by atoms with Gasteiger partial charge in [-0.25, -0.2) is 0 Å². The molecule has 0 aliphatic carbocycles. The van der Waals surface area contributed by atoms with Gasteiger partial charge in [-0.1, -0.05) is 76.7 Å². The highest BCUT2D eigenvalue weighted by Crippen LogP contribution is 2.47. The molecule has 0 fully saturated rings. The zero-order chi connectivity index (χ0) is 33.3. The maximum absolute atomic E-state index is 13.4. The van der Waals surface area contributed by atoms with Crippen LogP contribution in [-0.4, -0.2) is 43.9 Å². The number of amides is 1. The van der Waals surface area contributed by atoms with Crippen molar-refractivity contribution in [2.24, 2.45) is 0 Å². The number of aromatic nitrogens is 1. The molecular weight excluding hydrogens is 672 g/mol. The highest BCUT2D eigenvalue weighted by atomic mass is 35.5. The van der Waals surface area contributed by atoms with Gasteiger partial charge in [-0.15, -0.1) is 0 Å². The van der Waals surface area contributed by atoms with E-state index in [-0.39, 0.29) is 37.3 Å². The molecule has 0 atom stereocenters. The van der Waals surface area contributed by atoms with Crippen molar-refractivity contribution in [3.05, 3.63) is 99.5 Å². The molecule has 0 spiro atoms. The summed E-state index contributed by atoms with van der Waals surface area (Å²) in [5, 5.41) is 7.72. The Balaban J connectivity index is 1.33. The highest BCUT2D eigenvalue weighted by molar-refractivity contribution is 8.03. The molecule has 2 N–H and O–H groups in total. The lowest BCUT2D eigenvalue weighted by molar-refractivity contribution is -0.667. The second kappa shape index (κ2) is 13.9. The summed E-state index contributed by atoms with van der Waals surface area (Å²) in [6.07, 6.45) is 2.34. The first kappa shape index (κ1) is 33.3. The van der Waals surface area contributed by atoms with Crippen LogP contribution in [0.15, 0.2) is 88.8 Å². The smallest absolute Gasteiger partial charge is 0.265 e. The topological polar surface area (TPSA) is 93.8 Å². The van der Waals surface area contributed by atoms with Crippen LogP contribution in [0.2, 0.25) is 5.02 Å². The molecule has 2 heterocycles. The molecule has 1 aliphatic heterocycles. The quantitative estimate of drug-likeness (QED) is 0.109. The lowest BCUT2D eigenvalue weighted by Gasteiger charge is -2.29. The Labute approximate surface area is 288 Å². The zero-order valence-electron chi connectivity index (χ0n) is 26.3. The second-order valence-electron chi connectivity index (χ2n) is 11.8. The molecule has 1 aromatic heterocycles. The summed E-state index contributed by atoms with van der Waals surface area (Å²) in [6, 6.07) is 26.4. The summed E-state index contributed by atoms with van der Waals surface area (Å²) in [4.78, 5) is 18.5. The van der Waals surface area contributed by atoms with Gasteiger partial charge in [-0.05, 0) is 68.6 Å². The van der Waals surface area contributed by atoms with E-state index in [1.54, 1.807) is 23.1 Å². The fourth-order valence-electron chi connectivity index (χ4n) is 5.74. The first-order valence-electron chi connectivity index (χ1n) is 15.3. The third-order valence-electron chi connectivity index (χ3n) is 8.07. The van der Waals surface area contributed by atoms with Gasteiger partial charge in [0.1, 0.15) is 4.70 Å². The third kappa shape index (κ3) is 7.60. The van der Waals surface area contributed by atoms with Crippen molar-refractivity contribution in [1.82, 2.24) is 5.32 Å². The van der Waals surface area contributed by atoms with Gasteiger partial charge in [0.05, 0.1) is 41.1 Å². The zero-order valence-corrected chi connectivity index (χ0v) is 29.5. The molecule has 6 rings (SSSR count). The number of hydrogen-bond donors (Lipinski definition) is 2. The third-order valence-corrected chi connectivity index (χ3v) is 11.3. The van der Waals surface area contributed by atoms with Crippen molar-refractivity contribution in [1.29, 1.82) is 0 Å². The van der Waals surface area contributed by atoms with Crippen LogP contribution in [0, 0.1) is 6.92 Å². The molecule has 0 unspecified atom stereocenters. The second-order valence-corrected chi connectivity index (χ2v) is 15.9. The molecule has 244 valence electrons. The molecule has 5 aromatic rings. The maximum Gasteiger partial charge on any atom is 0.265 e. The van der Waals surface area contributed by atoms with Gasteiger partial charge in [-0.3, -0.25) is 9.35 Å². The van der Waals surface area contributed by atoms with E-state index < -0.39 is 10.1 Å². The number of halogens is 1. The van der Waals surface area contributed by atoms with Crippen LogP contribution in [0.4, 0.5) is 11.4 Å². The molecule has 8 nitrogen and oxygen atoms in total. The van der Waals surface area contributed by atoms with Crippen LogP contribution in [0.1, 0.15) is 30.8 Å². The first-order valence-corrected chi connectivity index (χ1v) is 18.9. The number of thiazole rings is 1. The number of benzene rings is 4. The summed E-state index contributed by atoms with van der Waals surface area (Å²) < 4.78 is 35.8. The van der Waals surface area contributed by atoms with Gasteiger partial charge >= 0.3 is 0 Å². The number of anilines is 2. The minimum absolute atomic E-state index is 0.104. The molecule has 0 radical (unpaired) electrons. The number of nitrogens with zero attached hydrogens (tertiary/aromatic N) is 3. The Morgan fingerprint density at radius 2 is 1.85 bits per heavy atom. The van der Waals surface area contributed by atoms with Crippen molar-refractivity contribution in [3.63, 3.8) is 0 Å². The summed E-state index contributed by atoms with van der Waals surface area (Å²) >= 11 is 9.66. The summed E-state index contributed by atoms with van der Waals surface area (Å²) in [5.74, 6) is -0.432. The van der Waals surface area contributed by atoms with E-state index in [4.69, 9.17) is 11.6 Å². The van der Waals surface area contributed by atoms with Gasteiger partial charge in [0.15, 0.2) is 6.54 Å². The Bertz CT molecular complexity index is 2100. The maximum atomic E-state index is 13.4. The average molecular weight is 708 g/mol. The Morgan fingerprint density at radius 1 is 1.09 bits per heavy atom. The molecule has 1 aliphatic rings. The Morgan fingerprint density at radius 3 is 2.60 bits per heavy atom. The average Bonchev–Trinajstić information content (AvgIpc) is 3.55. The number of thioether (sulfide) groups is 1. The van der Waals surface area contributed by atoms with Gasteiger partial charge in [0.25, 0.3) is 15.1 Å². The van der Waals surface area contributed by atoms with Gasteiger partial charge in [-0.2, -0.15) is 13.0 Å². The molecule has 47 heavy (non-hydrogen) atoms. The van der Waals surface area contributed by atoms with Crippen LogP contribution < -0.4 is 19.7 Å². The van der Waals surface area contributed by atoms with Crippen molar-refractivity contribution in [3.8, 4) is 0 Å². The largest absolute Gasteiger partial charge is 0.360 e. The molecule has 0 saturated carbocycles. The van der Waals surface area contributed by atoms with Crippen LogP contribution in [0.5, 0.6) is 0 Å². The number of carbonyl (C=O) groups excluding carboxylic acids is 1. The van der Waals surface area contributed by atoms with Gasteiger partial charge in [0, 0.05) is 28.1 Å². The van der Waals surface area contributed by atoms with Crippen LogP contribution >= 0.6 is 34.7 Å². The van der Waals surface area contributed by atoms with Crippen molar-refractivity contribution < 1.29 is 22.3 Å². The van der Waals surface area contributed by atoms with Crippen molar-refractivity contribution in [2.75, 3.05) is 28.8 Å². The number of carbonyl (C=O) groups is 1. The lowest BCUT2D eigenvalue weighted by atomic mass is 10.1.